The highest BCUT2D eigenvalue weighted by Crippen LogP contribution is 2.52. The molecule has 0 aromatic rings. The Balaban J connectivity index is 1.77. The van der Waals surface area contributed by atoms with Crippen molar-refractivity contribution in [3.8, 4) is 0 Å². The van der Waals surface area contributed by atoms with Crippen molar-refractivity contribution in [2.24, 2.45) is 11.8 Å². The van der Waals surface area contributed by atoms with Gasteiger partial charge < -0.3 is 4.74 Å². The van der Waals surface area contributed by atoms with Crippen LogP contribution in [0, 0.1) is 17.9 Å². The van der Waals surface area contributed by atoms with Crippen LogP contribution in [0.1, 0.15) is 19.3 Å². The van der Waals surface area contributed by atoms with E-state index in [0.717, 1.165) is 11.8 Å². The van der Waals surface area contributed by atoms with Crippen molar-refractivity contribution in [1.29, 1.82) is 0 Å². The molecule has 2 saturated carbocycles. The van der Waals surface area contributed by atoms with E-state index >= 15 is 0 Å². The standard InChI is InChI=1S/C7H9ClO/c8-4-9-7-2-5-1-6(5)3-7/h5-7H,1-3H2/t5-,6+,7?. The summed E-state index contributed by atoms with van der Waals surface area (Å²) >= 11 is 5.17. The van der Waals surface area contributed by atoms with Crippen molar-refractivity contribution in [1.82, 2.24) is 0 Å². The van der Waals surface area contributed by atoms with E-state index in [1.165, 1.54) is 19.3 Å². The summed E-state index contributed by atoms with van der Waals surface area (Å²) in [5.74, 6) is 1.94. The normalized spacial score (nSPS) is 47.0. The summed E-state index contributed by atoms with van der Waals surface area (Å²) in [6.07, 6.45) is 4.25. The number of rotatable bonds is 2. The Morgan fingerprint density at radius 1 is 1.22 bits per heavy atom. The average molecular weight is 145 g/mol. The minimum absolute atomic E-state index is 0.395. The smallest absolute Gasteiger partial charge is 0.236 e. The zero-order valence-corrected chi connectivity index (χ0v) is 5.90. The first kappa shape index (κ1) is 5.99. The van der Waals surface area contributed by atoms with Gasteiger partial charge in [0, 0.05) is 0 Å². The van der Waals surface area contributed by atoms with Gasteiger partial charge in [-0.3, -0.25) is 0 Å². The lowest BCUT2D eigenvalue weighted by Gasteiger charge is -2.07. The molecular formula is C7H9ClO. The van der Waals surface area contributed by atoms with Gasteiger partial charge in [-0.15, -0.1) is 0 Å². The number of fused-ring (bicyclic) bond motifs is 1. The molecule has 2 aliphatic carbocycles. The number of ether oxygens (including phenoxy) is 1. The largest absolute Gasteiger partial charge is 0.348 e. The van der Waals surface area contributed by atoms with E-state index < -0.39 is 0 Å². The molecule has 2 heteroatoms. The Bertz CT molecular complexity index is 105. The zero-order chi connectivity index (χ0) is 6.27. The third kappa shape index (κ3) is 1.08. The first-order chi connectivity index (χ1) is 4.40. The summed E-state index contributed by atoms with van der Waals surface area (Å²) < 4.78 is 5.02. The lowest BCUT2D eigenvalue weighted by atomic mass is 10.2. The van der Waals surface area contributed by atoms with Gasteiger partial charge in [0.15, 0.2) is 0 Å². The first-order valence-electron chi connectivity index (χ1n) is 3.41. The monoisotopic (exact) mass is 144 g/mol. The van der Waals surface area contributed by atoms with Crippen LogP contribution < -0.4 is 0 Å². The molecule has 2 rings (SSSR count). The van der Waals surface area contributed by atoms with Crippen LogP contribution in [0.5, 0.6) is 0 Å². The number of halogens is 1. The minimum Gasteiger partial charge on any atom is -0.348 e. The fourth-order valence-electron chi connectivity index (χ4n) is 1.82. The summed E-state index contributed by atoms with van der Waals surface area (Å²) in [7, 11) is 0. The van der Waals surface area contributed by atoms with Crippen molar-refractivity contribution < 1.29 is 4.74 Å². The third-order valence-corrected chi connectivity index (χ3v) is 2.50. The molecule has 2 aliphatic rings. The topological polar surface area (TPSA) is 9.23 Å². The van der Waals surface area contributed by atoms with E-state index in [1.807, 2.05) is 0 Å². The molecule has 0 spiro atoms. The van der Waals surface area contributed by atoms with Crippen LogP contribution >= 0.6 is 11.6 Å². The molecule has 0 heterocycles. The van der Waals surface area contributed by atoms with Crippen LogP contribution in [0.15, 0.2) is 0 Å². The van der Waals surface area contributed by atoms with Gasteiger partial charge in [0.05, 0.1) is 6.10 Å². The maximum absolute atomic E-state index is 5.17. The van der Waals surface area contributed by atoms with Crippen LogP contribution in [-0.2, 0) is 4.74 Å². The summed E-state index contributed by atoms with van der Waals surface area (Å²) in [4.78, 5) is 0. The van der Waals surface area contributed by atoms with E-state index in [-0.39, 0.29) is 0 Å². The number of hydrogen-bond donors (Lipinski definition) is 0. The minimum atomic E-state index is 0.395. The van der Waals surface area contributed by atoms with Gasteiger partial charge in [-0.1, -0.05) is 11.6 Å². The maximum atomic E-state index is 5.17. The summed E-state index contributed by atoms with van der Waals surface area (Å²) in [5.41, 5.74) is 0. The SMILES string of the molecule is Cl[C]OC1C[C@@H]2C[C@@H]2C1. The van der Waals surface area contributed by atoms with Gasteiger partial charge in [-0.2, -0.15) is 0 Å². The number of hydrogen-bond acceptors (Lipinski definition) is 1. The summed E-state index contributed by atoms with van der Waals surface area (Å²) in [6.45, 7) is 0. The van der Waals surface area contributed by atoms with Crippen molar-refractivity contribution in [2.45, 2.75) is 25.4 Å². The molecule has 2 fully saturated rings. The Kier molecular flexibility index (Phi) is 1.42. The van der Waals surface area contributed by atoms with E-state index in [2.05, 4.69) is 6.07 Å². The molecule has 1 unspecified atom stereocenters. The highest BCUT2D eigenvalue weighted by Gasteiger charge is 2.46. The second-order valence-corrected chi connectivity index (χ2v) is 3.20. The second kappa shape index (κ2) is 2.14. The van der Waals surface area contributed by atoms with Crippen LogP contribution in [0.4, 0.5) is 0 Å². The van der Waals surface area contributed by atoms with E-state index in [1.54, 1.807) is 0 Å². The van der Waals surface area contributed by atoms with Crippen LogP contribution in [0.3, 0.4) is 0 Å². The fraction of sp³-hybridized carbons (Fsp3) is 0.857. The Morgan fingerprint density at radius 2 is 1.89 bits per heavy atom. The molecule has 0 bridgehead atoms. The van der Waals surface area contributed by atoms with E-state index in [9.17, 15) is 0 Å². The molecular weight excluding hydrogens is 136 g/mol. The molecule has 3 atom stereocenters. The maximum Gasteiger partial charge on any atom is 0.236 e. The zero-order valence-electron chi connectivity index (χ0n) is 5.14. The Morgan fingerprint density at radius 3 is 2.44 bits per heavy atom. The van der Waals surface area contributed by atoms with Gasteiger partial charge in [0.1, 0.15) is 0 Å². The van der Waals surface area contributed by atoms with E-state index in [4.69, 9.17) is 16.3 Å². The van der Waals surface area contributed by atoms with Crippen LogP contribution in [0.25, 0.3) is 0 Å². The van der Waals surface area contributed by atoms with E-state index in [0.29, 0.717) is 6.10 Å². The van der Waals surface area contributed by atoms with Crippen LogP contribution in [0.2, 0.25) is 0 Å². The van der Waals surface area contributed by atoms with Gasteiger partial charge in [-0.25, -0.2) is 0 Å². The van der Waals surface area contributed by atoms with Crippen molar-refractivity contribution in [3.63, 3.8) is 0 Å². The molecule has 0 aliphatic heterocycles. The highest BCUT2D eigenvalue weighted by atomic mass is 35.5. The Hall–Kier alpha value is 0.250. The van der Waals surface area contributed by atoms with Crippen LogP contribution in [-0.4, -0.2) is 6.10 Å². The molecule has 50 valence electrons. The molecule has 0 N–H and O–H groups in total. The van der Waals surface area contributed by atoms with Crippen molar-refractivity contribution in [2.75, 3.05) is 0 Å². The molecule has 0 saturated heterocycles. The quantitative estimate of drug-likeness (QED) is 0.577. The second-order valence-electron chi connectivity index (χ2n) is 3.04. The molecule has 0 aromatic carbocycles. The van der Waals surface area contributed by atoms with Crippen molar-refractivity contribution in [3.05, 3.63) is 6.07 Å². The fourth-order valence-corrected chi connectivity index (χ4v) is 1.94. The third-order valence-electron chi connectivity index (χ3n) is 2.41. The van der Waals surface area contributed by atoms with Gasteiger partial charge >= 0.3 is 0 Å². The van der Waals surface area contributed by atoms with Gasteiger partial charge in [-0.05, 0) is 31.1 Å². The predicted octanol–water partition coefficient (Wildman–Crippen LogP) is 2.04. The lowest BCUT2D eigenvalue weighted by Crippen LogP contribution is -2.06. The molecule has 9 heavy (non-hydrogen) atoms. The molecule has 2 radical (unpaired) electrons. The Labute approximate surface area is 60.3 Å². The summed E-state index contributed by atoms with van der Waals surface area (Å²) in [5, 5.41) is 0. The predicted molar refractivity (Wildman–Crippen MR) is 34.8 cm³/mol. The highest BCUT2D eigenvalue weighted by molar-refractivity contribution is 6.22. The van der Waals surface area contributed by atoms with Gasteiger partial charge in [0.25, 0.3) is 0 Å². The van der Waals surface area contributed by atoms with Crippen molar-refractivity contribution >= 4 is 11.6 Å². The lowest BCUT2D eigenvalue weighted by molar-refractivity contribution is 0.121. The van der Waals surface area contributed by atoms with Gasteiger partial charge in [0.2, 0.25) is 6.07 Å². The molecule has 1 nitrogen and oxygen atoms in total. The average Bonchev–Trinajstić information content (AvgIpc) is 2.42. The molecule has 0 aromatic heterocycles. The molecule has 0 amide bonds. The first-order valence-corrected chi connectivity index (χ1v) is 3.79. The summed E-state index contributed by atoms with van der Waals surface area (Å²) in [6, 6.07) is 2.22.